The van der Waals surface area contributed by atoms with Crippen LogP contribution in [0, 0.1) is 0 Å². The average Bonchev–Trinajstić information content (AvgIpc) is 2.93. The van der Waals surface area contributed by atoms with E-state index in [9.17, 15) is 9.59 Å². The fraction of sp³-hybridized carbons (Fsp3) is 0.250. The van der Waals surface area contributed by atoms with Gasteiger partial charge in [-0.1, -0.05) is 0 Å². The quantitative estimate of drug-likeness (QED) is 0.877. The molecule has 0 saturated carbocycles. The maximum absolute atomic E-state index is 12.5. The number of fused-ring (bicyclic) bond motifs is 2. The van der Waals surface area contributed by atoms with Crippen molar-refractivity contribution in [1.29, 1.82) is 0 Å². The number of allylic oxidation sites excluding steroid dienone is 3. The third-order valence-electron chi connectivity index (χ3n) is 4.13. The van der Waals surface area contributed by atoms with E-state index in [1.54, 1.807) is 32.2 Å². The van der Waals surface area contributed by atoms with Crippen LogP contribution in [0.2, 0.25) is 0 Å². The van der Waals surface area contributed by atoms with Gasteiger partial charge in [0.1, 0.15) is 0 Å². The SMILES string of the molecule is CC(C)(NC(=O)C1=NN=C2C1=CC1=C2C1)c1ccc[nH]c1=O. The van der Waals surface area contributed by atoms with E-state index in [0.29, 0.717) is 11.3 Å². The van der Waals surface area contributed by atoms with Crippen LogP contribution in [0.5, 0.6) is 0 Å². The van der Waals surface area contributed by atoms with Crippen LogP contribution >= 0.6 is 0 Å². The molecule has 4 rings (SSSR count). The first-order chi connectivity index (χ1) is 10.5. The Kier molecular flexibility index (Phi) is 2.43. The number of nitrogens with zero attached hydrogens (tertiary/aromatic N) is 2. The van der Waals surface area contributed by atoms with Crippen molar-refractivity contribution < 1.29 is 4.79 Å². The van der Waals surface area contributed by atoms with E-state index in [2.05, 4.69) is 20.5 Å². The number of hydrogen-bond acceptors (Lipinski definition) is 4. The highest BCUT2D eigenvalue weighted by Gasteiger charge is 2.41. The fourth-order valence-electron chi connectivity index (χ4n) is 2.87. The summed E-state index contributed by atoms with van der Waals surface area (Å²) < 4.78 is 0. The molecule has 2 aliphatic carbocycles. The Morgan fingerprint density at radius 2 is 2.18 bits per heavy atom. The summed E-state index contributed by atoms with van der Waals surface area (Å²) in [5.74, 6) is -0.319. The van der Waals surface area contributed by atoms with Crippen molar-refractivity contribution >= 4 is 17.3 Å². The minimum absolute atomic E-state index is 0.217. The molecule has 1 aromatic heterocycles. The molecule has 0 radical (unpaired) electrons. The predicted molar refractivity (Wildman–Crippen MR) is 82.8 cm³/mol. The Morgan fingerprint density at radius 3 is 2.95 bits per heavy atom. The number of carbonyl (C=O) groups excluding carboxylic acids is 1. The summed E-state index contributed by atoms with van der Waals surface area (Å²) in [5.41, 5.74) is 3.86. The Labute approximate surface area is 126 Å². The van der Waals surface area contributed by atoms with Gasteiger partial charge in [0.2, 0.25) is 0 Å². The first-order valence-corrected chi connectivity index (χ1v) is 7.08. The first-order valence-electron chi connectivity index (χ1n) is 7.08. The molecule has 110 valence electrons. The van der Waals surface area contributed by atoms with Gasteiger partial charge in [-0.2, -0.15) is 0 Å². The van der Waals surface area contributed by atoms with Gasteiger partial charge in [-0.25, -0.2) is 0 Å². The smallest absolute Gasteiger partial charge is 0.273 e. The zero-order chi connectivity index (χ0) is 15.5. The number of aromatic amines is 1. The second-order valence-corrected chi connectivity index (χ2v) is 6.13. The van der Waals surface area contributed by atoms with Crippen LogP contribution in [0.4, 0.5) is 0 Å². The molecule has 6 heteroatoms. The van der Waals surface area contributed by atoms with Gasteiger partial charge in [0.15, 0.2) is 5.71 Å². The Balaban J connectivity index is 1.57. The molecule has 1 aromatic rings. The van der Waals surface area contributed by atoms with E-state index in [1.165, 1.54) is 11.1 Å². The summed E-state index contributed by atoms with van der Waals surface area (Å²) in [6.45, 7) is 3.58. The van der Waals surface area contributed by atoms with Gasteiger partial charge in [-0.15, -0.1) is 10.2 Å². The molecule has 0 bridgehead atoms. The lowest BCUT2D eigenvalue weighted by Crippen LogP contribution is -2.47. The standard InChI is InChI=1S/C16H14N4O2/c1-16(2,11-4-3-5-17-14(11)21)18-15(22)13-10-7-8-6-9(8)12(10)19-20-13/h3-5,7H,6H2,1-2H3,(H,17,21)(H,18,22). The molecular weight excluding hydrogens is 280 g/mol. The number of rotatable bonds is 3. The third kappa shape index (κ3) is 1.80. The van der Waals surface area contributed by atoms with Crippen molar-refractivity contribution in [2.75, 3.05) is 0 Å². The number of H-pyrrole nitrogens is 1. The molecule has 0 saturated heterocycles. The molecule has 0 spiro atoms. The number of pyridine rings is 1. The number of nitrogens with one attached hydrogen (secondary N) is 2. The molecular formula is C16H14N4O2. The van der Waals surface area contributed by atoms with Crippen molar-refractivity contribution in [1.82, 2.24) is 10.3 Å². The molecule has 0 unspecified atom stereocenters. The molecule has 1 amide bonds. The number of carbonyl (C=O) groups is 1. The molecule has 6 nitrogen and oxygen atoms in total. The second-order valence-electron chi connectivity index (χ2n) is 6.13. The van der Waals surface area contributed by atoms with Crippen LogP contribution in [0.15, 0.2) is 56.1 Å². The molecule has 2 heterocycles. The number of amides is 1. The monoisotopic (exact) mass is 294 g/mol. The van der Waals surface area contributed by atoms with E-state index < -0.39 is 5.54 Å². The normalized spacial score (nSPS) is 18.4. The van der Waals surface area contributed by atoms with Crippen molar-refractivity contribution in [2.45, 2.75) is 25.8 Å². The van der Waals surface area contributed by atoms with E-state index in [0.717, 1.165) is 17.7 Å². The third-order valence-corrected chi connectivity index (χ3v) is 4.13. The number of hydrogen-bond donors (Lipinski definition) is 2. The molecule has 3 aliphatic rings. The summed E-state index contributed by atoms with van der Waals surface area (Å²) >= 11 is 0. The van der Waals surface area contributed by atoms with Crippen molar-refractivity contribution in [3.05, 3.63) is 57.0 Å². The van der Waals surface area contributed by atoms with E-state index in [1.807, 2.05) is 6.08 Å². The van der Waals surface area contributed by atoms with Gasteiger partial charge < -0.3 is 10.3 Å². The van der Waals surface area contributed by atoms with Gasteiger partial charge >= 0.3 is 0 Å². The van der Waals surface area contributed by atoms with Crippen LogP contribution in [-0.4, -0.2) is 22.3 Å². The van der Waals surface area contributed by atoms with Crippen molar-refractivity contribution in [3.8, 4) is 0 Å². The molecule has 0 aromatic carbocycles. The van der Waals surface area contributed by atoms with Crippen LogP contribution < -0.4 is 10.9 Å². The summed E-state index contributed by atoms with van der Waals surface area (Å²) in [6.07, 6.45) is 4.49. The lowest BCUT2D eigenvalue weighted by molar-refractivity contribution is -0.116. The Morgan fingerprint density at radius 1 is 1.36 bits per heavy atom. The summed E-state index contributed by atoms with van der Waals surface area (Å²) in [6, 6.07) is 3.44. The van der Waals surface area contributed by atoms with Crippen LogP contribution in [0.25, 0.3) is 0 Å². The van der Waals surface area contributed by atoms with Crippen LogP contribution in [0.3, 0.4) is 0 Å². The Bertz CT molecular complexity index is 897. The predicted octanol–water partition coefficient (Wildman–Crippen LogP) is 1.18. The van der Waals surface area contributed by atoms with E-state index >= 15 is 0 Å². The van der Waals surface area contributed by atoms with Crippen LogP contribution in [0.1, 0.15) is 25.8 Å². The van der Waals surface area contributed by atoms with Gasteiger partial charge in [-0.3, -0.25) is 9.59 Å². The van der Waals surface area contributed by atoms with E-state index in [4.69, 9.17) is 0 Å². The average molecular weight is 294 g/mol. The van der Waals surface area contributed by atoms with Gasteiger partial charge in [0.25, 0.3) is 11.5 Å². The molecule has 1 aliphatic heterocycles. The topological polar surface area (TPSA) is 86.7 Å². The van der Waals surface area contributed by atoms with Gasteiger partial charge in [0.05, 0.1) is 11.3 Å². The molecule has 2 N–H and O–H groups in total. The minimum atomic E-state index is -0.806. The highest BCUT2D eigenvalue weighted by Crippen LogP contribution is 2.43. The highest BCUT2D eigenvalue weighted by molar-refractivity contribution is 6.56. The zero-order valence-corrected chi connectivity index (χ0v) is 12.2. The maximum atomic E-state index is 12.5. The van der Waals surface area contributed by atoms with Crippen LogP contribution in [-0.2, 0) is 10.3 Å². The van der Waals surface area contributed by atoms with Crippen molar-refractivity contribution in [3.63, 3.8) is 0 Å². The summed E-state index contributed by atoms with van der Waals surface area (Å²) in [5, 5.41) is 11.0. The second kappa shape index (κ2) is 4.13. The zero-order valence-electron chi connectivity index (χ0n) is 12.2. The lowest BCUT2D eigenvalue weighted by atomic mass is 9.94. The molecule has 0 fully saturated rings. The van der Waals surface area contributed by atoms with Gasteiger partial charge in [-0.05, 0) is 43.2 Å². The summed E-state index contributed by atoms with van der Waals surface area (Å²) in [7, 11) is 0. The summed E-state index contributed by atoms with van der Waals surface area (Å²) in [4.78, 5) is 27.1. The highest BCUT2D eigenvalue weighted by atomic mass is 16.2. The van der Waals surface area contributed by atoms with E-state index in [-0.39, 0.29) is 11.5 Å². The van der Waals surface area contributed by atoms with Gasteiger partial charge in [0, 0.05) is 23.8 Å². The Hall–Kier alpha value is -2.76. The fourth-order valence-corrected chi connectivity index (χ4v) is 2.87. The van der Waals surface area contributed by atoms with Crippen molar-refractivity contribution in [2.24, 2.45) is 10.2 Å². The maximum Gasteiger partial charge on any atom is 0.273 e. The first kappa shape index (κ1) is 12.9. The molecule has 0 atom stereocenters. The minimum Gasteiger partial charge on any atom is -0.341 e. The lowest BCUT2D eigenvalue weighted by Gasteiger charge is -2.25. The molecule has 22 heavy (non-hydrogen) atoms. The largest absolute Gasteiger partial charge is 0.341 e. The number of aromatic nitrogens is 1.